The Labute approximate surface area is 154 Å². The molecule has 146 valence electrons. The Balaban J connectivity index is 2.16. The van der Waals surface area contributed by atoms with Crippen LogP contribution >= 0.6 is 11.3 Å². The predicted molar refractivity (Wildman–Crippen MR) is 91.0 cm³/mol. The van der Waals surface area contributed by atoms with Gasteiger partial charge in [-0.05, 0) is 0 Å². The molecule has 2 aromatic heterocycles. The third-order valence-corrected chi connectivity index (χ3v) is 4.76. The average molecular weight is 400 g/mol. The third-order valence-electron chi connectivity index (χ3n) is 3.82. The van der Waals surface area contributed by atoms with Gasteiger partial charge in [0.05, 0.1) is 6.61 Å². The maximum Gasteiger partial charge on any atom is 0.311 e. The molecule has 0 radical (unpaired) electrons. The van der Waals surface area contributed by atoms with Crippen molar-refractivity contribution in [3.8, 4) is 0 Å². The first-order valence-corrected chi connectivity index (χ1v) is 8.56. The van der Waals surface area contributed by atoms with Crippen LogP contribution in [-0.2, 0) is 23.8 Å². The number of aromatic nitrogens is 3. The summed E-state index contributed by atoms with van der Waals surface area (Å²) in [6.07, 6.45) is -4.77. The van der Waals surface area contributed by atoms with Crippen molar-refractivity contribution in [1.29, 1.82) is 0 Å². The van der Waals surface area contributed by atoms with Crippen LogP contribution in [0.2, 0.25) is 0 Å². The zero-order chi connectivity index (χ0) is 19.9. The first-order chi connectivity index (χ1) is 12.7. The summed E-state index contributed by atoms with van der Waals surface area (Å²) in [4.78, 5) is 53.1. The van der Waals surface area contributed by atoms with Crippen LogP contribution in [0, 0.1) is 0 Å². The SMILES string of the molecule is CC(=O)OC1[C@H](n2c(=O)sc3c(=O)[nH]c(N)nc32)O[C@H](CO)[C@H]1OC(C)=O. The molecule has 4 atom stereocenters. The van der Waals surface area contributed by atoms with E-state index in [2.05, 4.69) is 9.97 Å². The van der Waals surface area contributed by atoms with Gasteiger partial charge >= 0.3 is 16.8 Å². The molecule has 1 fully saturated rings. The van der Waals surface area contributed by atoms with Crippen LogP contribution in [-0.4, -0.2) is 56.5 Å². The number of nitrogens with one attached hydrogen (secondary N) is 1. The number of aliphatic hydroxyl groups is 1. The largest absolute Gasteiger partial charge is 0.456 e. The van der Waals surface area contributed by atoms with Crippen molar-refractivity contribution in [1.82, 2.24) is 14.5 Å². The fourth-order valence-corrected chi connectivity index (χ4v) is 3.73. The number of esters is 2. The number of thiazole rings is 1. The normalized spacial score (nSPS) is 24.9. The van der Waals surface area contributed by atoms with Gasteiger partial charge in [-0.3, -0.25) is 28.7 Å². The first-order valence-electron chi connectivity index (χ1n) is 7.74. The Morgan fingerprint density at radius 1 is 1.30 bits per heavy atom. The number of hydrogen-bond donors (Lipinski definition) is 3. The minimum Gasteiger partial charge on any atom is -0.456 e. The topological polar surface area (TPSA) is 176 Å². The second-order valence-corrected chi connectivity index (χ2v) is 6.70. The summed E-state index contributed by atoms with van der Waals surface area (Å²) in [6.45, 7) is 1.70. The van der Waals surface area contributed by atoms with E-state index in [0.717, 1.165) is 18.4 Å². The highest BCUT2D eigenvalue weighted by Gasteiger charge is 2.51. The smallest absolute Gasteiger partial charge is 0.311 e. The van der Waals surface area contributed by atoms with Crippen LogP contribution in [0.5, 0.6) is 0 Å². The lowest BCUT2D eigenvalue weighted by atomic mass is 10.1. The number of nitrogens with zero attached hydrogens (tertiary/aromatic N) is 2. The molecule has 3 heterocycles. The van der Waals surface area contributed by atoms with E-state index < -0.39 is 53.5 Å². The van der Waals surface area contributed by atoms with E-state index in [4.69, 9.17) is 19.9 Å². The number of fused-ring (bicyclic) bond motifs is 1. The van der Waals surface area contributed by atoms with Crippen LogP contribution in [0.3, 0.4) is 0 Å². The fourth-order valence-electron chi connectivity index (χ4n) is 2.88. The Kier molecular flexibility index (Phi) is 4.99. The lowest BCUT2D eigenvalue weighted by molar-refractivity contribution is -0.165. The number of nitrogen functional groups attached to an aromatic ring is 1. The van der Waals surface area contributed by atoms with Gasteiger partial charge in [-0.15, -0.1) is 0 Å². The van der Waals surface area contributed by atoms with Gasteiger partial charge in [-0.1, -0.05) is 11.3 Å². The van der Waals surface area contributed by atoms with Gasteiger partial charge in [-0.2, -0.15) is 4.98 Å². The van der Waals surface area contributed by atoms with Crippen LogP contribution in [0.1, 0.15) is 20.1 Å². The standard InChI is InChI=1S/C14H16N4O8S/c1-4(20)24-7-6(3-19)26-12(8(7)25-5(2)21)18-10-9(27-14(18)23)11(22)17-13(15)16-10/h6-8,12,19H,3H2,1-2H3,(H3,15,16,17,22)/t6-,7-,8?,12-/m1/s1. The number of carbonyl (C=O) groups is 2. The number of nitrogens with two attached hydrogens (primary N) is 1. The van der Waals surface area contributed by atoms with Crippen molar-refractivity contribution in [3.63, 3.8) is 0 Å². The van der Waals surface area contributed by atoms with Crippen molar-refractivity contribution in [2.24, 2.45) is 0 Å². The number of aromatic amines is 1. The summed E-state index contributed by atoms with van der Waals surface area (Å²) >= 11 is 0.601. The molecule has 0 amide bonds. The molecule has 1 unspecified atom stereocenters. The zero-order valence-corrected chi connectivity index (χ0v) is 15.0. The highest BCUT2D eigenvalue weighted by atomic mass is 32.1. The van der Waals surface area contributed by atoms with Gasteiger partial charge in [0.15, 0.2) is 24.1 Å². The Hall–Kier alpha value is -2.77. The van der Waals surface area contributed by atoms with E-state index in [1.54, 1.807) is 0 Å². The Morgan fingerprint density at radius 2 is 1.93 bits per heavy atom. The molecule has 0 bridgehead atoms. The summed E-state index contributed by atoms with van der Waals surface area (Å²) in [6, 6.07) is 0. The molecule has 3 rings (SSSR count). The van der Waals surface area contributed by atoms with Gasteiger partial charge in [0.2, 0.25) is 5.95 Å². The summed E-state index contributed by atoms with van der Waals surface area (Å²) in [5, 5.41) is 9.56. The van der Waals surface area contributed by atoms with Crippen LogP contribution in [0.25, 0.3) is 10.3 Å². The Bertz CT molecular complexity index is 1010. The minimum atomic E-state index is -1.29. The van der Waals surface area contributed by atoms with E-state index in [9.17, 15) is 24.3 Å². The number of rotatable bonds is 4. The second kappa shape index (κ2) is 7.09. The molecular formula is C14H16N4O8S. The lowest BCUT2D eigenvalue weighted by Crippen LogP contribution is -2.40. The Morgan fingerprint density at radius 3 is 2.52 bits per heavy atom. The van der Waals surface area contributed by atoms with Crippen molar-refractivity contribution >= 4 is 39.6 Å². The van der Waals surface area contributed by atoms with Gasteiger partial charge in [0.1, 0.15) is 10.8 Å². The molecule has 1 aliphatic rings. The second-order valence-electron chi connectivity index (χ2n) is 5.74. The number of ether oxygens (including phenoxy) is 3. The summed E-state index contributed by atoms with van der Waals surface area (Å²) in [7, 11) is 0. The van der Waals surface area contributed by atoms with E-state index in [1.807, 2.05) is 0 Å². The van der Waals surface area contributed by atoms with Gasteiger partial charge in [0.25, 0.3) is 5.56 Å². The molecule has 1 saturated heterocycles. The van der Waals surface area contributed by atoms with E-state index in [0.29, 0.717) is 11.3 Å². The van der Waals surface area contributed by atoms with Crippen molar-refractivity contribution < 1.29 is 28.9 Å². The molecule has 2 aromatic rings. The molecule has 0 spiro atoms. The van der Waals surface area contributed by atoms with Gasteiger partial charge in [0, 0.05) is 13.8 Å². The molecule has 1 aliphatic heterocycles. The molecule has 4 N–H and O–H groups in total. The average Bonchev–Trinajstić information content (AvgIpc) is 3.04. The van der Waals surface area contributed by atoms with E-state index in [1.165, 1.54) is 0 Å². The zero-order valence-electron chi connectivity index (χ0n) is 14.2. The molecule has 0 aliphatic carbocycles. The molecule has 0 aromatic carbocycles. The lowest BCUT2D eigenvalue weighted by Gasteiger charge is -2.23. The fraction of sp³-hybridized carbons (Fsp3) is 0.500. The maximum absolute atomic E-state index is 12.5. The molecule has 13 heteroatoms. The number of aliphatic hydroxyl groups excluding tert-OH is 1. The van der Waals surface area contributed by atoms with Gasteiger partial charge < -0.3 is 25.1 Å². The van der Waals surface area contributed by atoms with E-state index in [-0.39, 0.29) is 16.3 Å². The van der Waals surface area contributed by atoms with Gasteiger partial charge in [-0.25, -0.2) is 0 Å². The minimum absolute atomic E-state index is 0.00383. The van der Waals surface area contributed by atoms with E-state index >= 15 is 0 Å². The summed E-state index contributed by atoms with van der Waals surface area (Å²) < 4.78 is 16.9. The van der Waals surface area contributed by atoms with Crippen molar-refractivity contribution in [2.45, 2.75) is 38.4 Å². The highest BCUT2D eigenvalue weighted by Crippen LogP contribution is 2.35. The third kappa shape index (κ3) is 3.43. The highest BCUT2D eigenvalue weighted by molar-refractivity contribution is 7.16. The predicted octanol–water partition coefficient (Wildman–Crippen LogP) is -1.52. The quantitative estimate of drug-likeness (QED) is 0.511. The molecule has 27 heavy (non-hydrogen) atoms. The van der Waals surface area contributed by atoms with Crippen LogP contribution < -0.4 is 16.2 Å². The number of carbonyl (C=O) groups excluding carboxylic acids is 2. The number of anilines is 1. The van der Waals surface area contributed by atoms with Crippen LogP contribution in [0.15, 0.2) is 9.59 Å². The van der Waals surface area contributed by atoms with Crippen molar-refractivity contribution in [2.75, 3.05) is 12.3 Å². The molecule has 12 nitrogen and oxygen atoms in total. The van der Waals surface area contributed by atoms with Crippen LogP contribution in [0.4, 0.5) is 5.95 Å². The van der Waals surface area contributed by atoms with Crippen molar-refractivity contribution in [3.05, 3.63) is 20.0 Å². The molecular weight excluding hydrogens is 384 g/mol. The summed E-state index contributed by atoms with van der Waals surface area (Å²) in [5.74, 6) is -1.64. The monoisotopic (exact) mass is 400 g/mol. The summed E-state index contributed by atoms with van der Waals surface area (Å²) in [5.41, 5.74) is 4.86. The number of hydrogen-bond acceptors (Lipinski definition) is 11. The molecule has 0 saturated carbocycles. The first kappa shape index (κ1) is 19.0. The number of H-pyrrole nitrogens is 1. The maximum atomic E-state index is 12.5.